The zero-order valence-corrected chi connectivity index (χ0v) is 31.1. The van der Waals surface area contributed by atoms with Crippen LogP contribution in [0.25, 0.3) is 11.4 Å². The Morgan fingerprint density at radius 2 is 1.30 bits per heavy atom. The van der Waals surface area contributed by atoms with Crippen molar-refractivity contribution in [1.82, 2.24) is 20.4 Å². The van der Waals surface area contributed by atoms with E-state index >= 15 is 4.79 Å². The fourth-order valence-electron chi connectivity index (χ4n) is 5.99. The number of amides is 3. The van der Waals surface area contributed by atoms with Gasteiger partial charge < -0.3 is 25.0 Å². The second-order valence-electron chi connectivity index (χ2n) is 13.2. The van der Waals surface area contributed by atoms with Crippen LogP contribution in [-0.4, -0.2) is 91.2 Å². The predicted octanol–water partition coefficient (Wildman–Crippen LogP) is 4.30. The van der Waals surface area contributed by atoms with Crippen molar-refractivity contribution in [1.29, 1.82) is 0 Å². The quantitative estimate of drug-likeness (QED) is 0.0881. The number of esters is 2. The molecule has 0 spiro atoms. The van der Waals surface area contributed by atoms with Crippen LogP contribution in [0.3, 0.4) is 0 Å². The number of nitrogens with zero attached hydrogens (tertiary/aromatic N) is 2. The van der Waals surface area contributed by atoms with Gasteiger partial charge in [0, 0.05) is 7.05 Å². The molecule has 2 unspecified atom stereocenters. The molecule has 2 atom stereocenters. The zero-order valence-electron chi connectivity index (χ0n) is 31.1. The third kappa shape index (κ3) is 11.1. The van der Waals surface area contributed by atoms with E-state index in [9.17, 15) is 24.0 Å². The molecule has 0 bridgehead atoms. The number of carbonyl (C=O) groups excluding carboxylic acids is 6. The van der Waals surface area contributed by atoms with Gasteiger partial charge in [0.15, 0.2) is 6.29 Å². The Hall–Kier alpha value is -5.78. The van der Waals surface area contributed by atoms with Crippen LogP contribution >= 0.6 is 0 Å². The highest BCUT2D eigenvalue weighted by atomic mass is 16.5. The van der Waals surface area contributed by atoms with Crippen LogP contribution in [0, 0.1) is 11.8 Å². The van der Waals surface area contributed by atoms with Crippen molar-refractivity contribution in [3.8, 4) is 0 Å². The molecule has 0 saturated carbocycles. The summed E-state index contributed by atoms with van der Waals surface area (Å²) in [6.45, 7) is 14.4. The molecule has 0 fully saturated rings. The predicted molar refractivity (Wildman–Crippen MR) is 202 cm³/mol. The third-order valence-electron chi connectivity index (χ3n) is 8.37. The largest absolute Gasteiger partial charge is 0.462 e. The van der Waals surface area contributed by atoms with E-state index in [1.165, 1.54) is 4.90 Å². The van der Waals surface area contributed by atoms with Crippen LogP contribution in [0.1, 0.15) is 51.7 Å². The Morgan fingerprint density at radius 3 is 1.79 bits per heavy atom. The summed E-state index contributed by atoms with van der Waals surface area (Å²) >= 11 is 0. The van der Waals surface area contributed by atoms with Gasteiger partial charge in [0.05, 0.1) is 35.6 Å². The van der Waals surface area contributed by atoms with E-state index in [1.54, 1.807) is 66.5 Å². The Kier molecular flexibility index (Phi) is 16.0. The maximum atomic E-state index is 15.1. The SMILES string of the molecule is C=CC(=O)NCCOC(=O)C(CC(C)C)N1C(=O)/C(=C(\c2ccccc2)N(C)C(CC(C)C)C(=O)OCCNC(=O)C=C)C(C=O)=C1c1ccccc1. The lowest BCUT2D eigenvalue weighted by Gasteiger charge is -2.33. The second kappa shape index (κ2) is 20.3. The van der Waals surface area contributed by atoms with Gasteiger partial charge in [-0.15, -0.1) is 0 Å². The van der Waals surface area contributed by atoms with Crippen molar-refractivity contribution in [2.24, 2.45) is 11.8 Å². The maximum absolute atomic E-state index is 15.1. The molecule has 2 aromatic carbocycles. The molecule has 3 amide bonds. The molecule has 12 nitrogen and oxygen atoms in total. The summed E-state index contributed by atoms with van der Waals surface area (Å²) in [5, 5.41) is 5.14. The molecule has 0 saturated heterocycles. The van der Waals surface area contributed by atoms with Gasteiger partial charge in [-0.3, -0.25) is 24.1 Å². The number of hydrogen-bond acceptors (Lipinski definition) is 9. The average Bonchev–Trinajstić information content (AvgIpc) is 3.44. The first-order valence-corrected chi connectivity index (χ1v) is 17.6. The molecule has 0 aromatic heterocycles. The molecule has 0 aliphatic carbocycles. The molecule has 1 heterocycles. The summed E-state index contributed by atoms with van der Waals surface area (Å²) in [6, 6.07) is 15.7. The van der Waals surface area contributed by atoms with Gasteiger partial charge in [0.2, 0.25) is 11.8 Å². The molecule has 53 heavy (non-hydrogen) atoms. The van der Waals surface area contributed by atoms with E-state index in [1.807, 2.05) is 33.8 Å². The summed E-state index contributed by atoms with van der Waals surface area (Å²) in [6.07, 6.45) is 3.35. The second-order valence-corrected chi connectivity index (χ2v) is 13.2. The van der Waals surface area contributed by atoms with E-state index in [0.29, 0.717) is 29.5 Å². The minimum atomic E-state index is -1.15. The molecule has 12 heteroatoms. The fourth-order valence-corrected chi connectivity index (χ4v) is 5.99. The highest BCUT2D eigenvalue weighted by Crippen LogP contribution is 2.42. The first kappa shape index (κ1) is 41.6. The van der Waals surface area contributed by atoms with Crippen molar-refractivity contribution in [3.05, 3.63) is 108 Å². The highest BCUT2D eigenvalue weighted by Gasteiger charge is 2.46. The van der Waals surface area contributed by atoms with Crippen LogP contribution in [0.4, 0.5) is 0 Å². The van der Waals surface area contributed by atoms with Crippen molar-refractivity contribution < 1.29 is 38.2 Å². The summed E-state index contributed by atoms with van der Waals surface area (Å²) < 4.78 is 11.2. The number of rotatable bonds is 20. The lowest BCUT2D eigenvalue weighted by atomic mass is 9.95. The molecule has 1 aliphatic heterocycles. The monoisotopic (exact) mass is 726 g/mol. The molecule has 282 valence electrons. The van der Waals surface area contributed by atoms with Crippen molar-refractivity contribution in [2.45, 2.75) is 52.6 Å². The van der Waals surface area contributed by atoms with Gasteiger partial charge in [0.25, 0.3) is 5.91 Å². The van der Waals surface area contributed by atoms with Crippen molar-refractivity contribution in [2.75, 3.05) is 33.4 Å². The van der Waals surface area contributed by atoms with Crippen LogP contribution < -0.4 is 10.6 Å². The normalized spacial score (nSPS) is 14.7. The van der Waals surface area contributed by atoms with Gasteiger partial charge >= 0.3 is 11.9 Å². The van der Waals surface area contributed by atoms with E-state index < -0.39 is 41.7 Å². The first-order chi connectivity index (χ1) is 25.4. The van der Waals surface area contributed by atoms with Gasteiger partial charge in [-0.25, -0.2) is 9.59 Å². The van der Waals surface area contributed by atoms with Gasteiger partial charge in [0.1, 0.15) is 25.3 Å². The Morgan fingerprint density at radius 1 is 0.792 bits per heavy atom. The molecular formula is C41H50N4O8. The molecule has 2 aromatic rings. The van der Waals surface area contributed by atoms with E-state index in [-0.39, 0.29) is 61.4 Å². The van der Waals surface area contributed by atoms with Gasteiger partial charge in [-0.2, -0.15) is 0 Å². The zero-order chi connectivity index (χ0) is 39.1. The van der Waals surface area contributed by atoms with Crippen LogP contribution in [0.15, 0.2) is 97.1 Å². The standard InChI is InChI=1S/C41H50N4O8/c1-8-34(47)42-20-22-52-40(50)32(24-27(3)4)44(7)38(30-18-14-11-15-19-30)36-31(26-46)37(29-16-12-10-13-17-29)45(39(36)49)33(25-28(5)6)41(51)53-23-21-43-35(48)9-2/h8-19,26-28,32-33H,1-2,20-25H2,3-7H3,(H,42,47)(H,43,48)/b38-36+. The number of likely N-dealkylation sites (N-methyl/N-ethyl adjacent to an activating group) is 1. The minimum Gasteiger partial charge on any atom is -0.462 e. The molecule has 0 radical (unpaired) electrons. The molecule has 3 rings (SSSR count). The van der Waals surface area contributed by atoms with Gasteiger partial charge in [-0.1, -0.05) is 102 Å². The smallest absolute Gasteiger partial charge is 0.329 e. The third-order valence-corrected chi connectivity index (χ3v) is 8.37. The number of carbonyl (C=O) groups is 6. The Balaban J connectivity index is 2.26. The first-order valence-electron chi connectivity index (χ1n) is 17.6. The number of ether oxygens (including phenoxy) is 2. The van der Waals surface area contributed by atoms with Gasteiger partial charge in [-0.05, 0) is 48.0 Å². The summed E-state index contributed by atoms with van der Waals surface area (Å²) in [5.74, 6) is -2.82. The molecular weight excluding hydrogens is 676 g/mol. The van der Waals surface area contributed by atoms with E-state index in [4.69, 9.17) is 9.47 Å². The summed E-state index contributed by atoms with van der Waals surface area (Å²) in [5.41, 5.74) is 1.63. The Bertz CT molecular complexity index is 1720. The molecule has 1 aliphatic rings. The number of nitrogens with one attached hydrogen (secondary N) is 2. The highest BCUT2D eigenvalue weighted by molar-refractivity contribution is 6.22. The lowest BCUT2D eigenvalue weighted by Crippen LogP contribution is -2.45. The van der Waals surface area contributed by atoms with E-state index in [2.05, 4.69) is 23.8 Å². The Labute approximate surface area is 311 Å². The van der Waals surface area contributed by atoms with Crippen molar-refractivity contribution >= 4 is 47.3 Å². The topological polar surface area (TPSA) is 151 Å². The van der Waals surface area contributed by atoms with Crippen LogP contribution in [0.5, 0.6) is 0 Å². The molecule has 2 N–H and O–H groups in total. The average molecular weight is 727 g/mol. The lowest BCUT2D eigenvalue weighted by molar-refractivity contribution is -0.152. The van der Waals surface area contributed by atoms with Crippen molar-refractivity contribution in [3.63, 3.8) is 0 Å². The summed E-state index contributed by atoms with van der Waals surface area (Å²) in [7, 11) is 1.67. The number of hydrogen-bond donors (Lipinski definition) is 2. The summed E-state index contributed by atoms with van der Waals surface area (Å²) in [4.78, 5) is 82.4. The number of benzene rings is 2. The van der Waals surface area contributed by atoms with Crippen LogP contribution in [-0.2, 0) is 38.2 Å². The maximum Gasteiger partial charge on any atom is 0.329 e. The van der Waals surface area contributed by atoms with Crippen LogP contribution in [0.2, 0.25) is 0 Å². The fraction of sp³-hybridized carbons (Fsp3) is 0.366. The number of aldehydes is 1. The minimum absolute atomic E-state index is 0.00663. The van der Waals surface area contributed by atoms with E-state index in [0.717, 1.165) is 12.2 Å².